The van der Waals surface area contributed by atoms with Crippen molar-refractivity contribution in [2.45, 2.75) is 69.7 Å². The van der Waals surface area contributed by atoms with Gasteiger partial charge < -0.3 is 5.32 Å². The molecular weight excluding hydrogens is 238 g/mol. The molecule has 0 aliphatic rings. The van der Waals surface area contributed by atoms with Gasteiger partial charge >= 0.3 is 0 Å². The minimum absolute atomic E-state index is 0.184. The summed E-state index contributed by atoms with van der Waals surface area (Å²) in [6.07, 6.45) is 2.56. The van der Waals surface area contributed by atoms with E-state index in [-0.39, 0.29) is 5.54 Å². The van der Waals surface area contributed by atoms with Crippen molar-refractivity contribution in [2.75, 3.05) is 0 Å². The lowest BCUT2D eigenvalue weighted by Gasteiger charge is -2.20. The smallest absolute Gasteiger partial charge is 0.0210 e. The first kappa shape index (κ1) is 15.6. The van der Waals surface area contributed by atoms with E-state index in [1.54, 1.807) is 0 Å². The summed E-state index contributed by atoms with van der Waals surface area (Å²) in [6, 6.07) is 8.96. The van der Waals surface area contributed by atoms with E-state index in [9.17, 15) is 0 Å². The standard InChI is InChI=1S/C16H27NS/c1-6-7-13(2)18-15-10-8-14(9-11-15)12-17-16(3,4)5/h8-11,13,17H,6-7,12H2,1-5H3. The van der Waals surface area contributed by atoms with Crippen molar-refractivity contribution in [2.24, 2.45) is 0 Å². The number of benzene rings is 1. The van der Waals surface area contributed by atoms with Crippen molar-refractivity contribution >= 4 is 11.8 Å². The molecule has 0 saturated heterocycles. The third kappa shape index (κ3) is 6.46. The second-order valence-corrected chi connectivity index (χ2v) is 7.48. The third-order valence-corrected chi connectivity index (χ3v) is 3.96. The molecule has 0 aliphatic heterocycles. The largest absolute Gasteiger partial charge is 0.308 e. The second-order valence-electron chi connectivity index (χ2n) is 5.96. The summed E-state index contributed by atoms with van der Waals surface area (Å²) >= 11 is 1.98. The van der Waals surface area contributed by atoms with Crippen LogP contribution in [0, 0.1) is 0 Å². The Morgan fingerprint density at radius 2 is 1.78 bits per heavy atom. The van der Waals surface area contributed by atoms with Crippen LogP contribution in [-0.2, 0) is 6.54 Å². The van der Waals surface area contributed by atoms with E-state index in [1.165, 1.54) is 23.3 Å². The molecule has 0 amide bonds. The highest BCUT2D eigenvalue weighted by Crippen LogP contribution is 2.26. The fourth-order valence-electron chi connectivity index (χ4n) is 1.75. The van der Waals surface area contributed by atoms with Crippen LogP contribution >= 0.6 is 11.8 Å². The van der Waals surface area contributed by atoms with Gasteiger partial charge in [0.05, 0.1) is 0 Å². The Kier molecular flexibility index (Phi) is 6.24. The van der Waals surface area contributed by atoms with Crippen LogP contribution in [-0.4, -0.2) is 10.8 Å². The maximum atomic E-state index is 3.51. The Hall–Kier alpha value is -0.470. The molecule has 0 radical (unpaired) electrons. The molecule has 0 aromatic heterocycles. The molecule has 0 aliphatic carbocycles. The summed E-state index contributed by atoms with van der Waals surface area (Å²) in [5.41, 5.74) is 1.54. The zero-order chi connectivity index (χ0) is 13.6. The van der Waals surface area contributed by atoms with Crippen LogP contribution in [0.2, 0.25) is 0 Å². The summed E-state index contributed by atoms with van der Waals surface area (Å²) in [5, 5.41) is 4.23. The van der Waals surface area contributed by atoms with Crippen LogP contribution in [0.1, 0.15) is 53.0 Å². The predicted octanol–water partition coefficient (Wildman–Crippen LogP) is 4.86. The van der Waals surface area contributed by atoms with Crippen LogP contribution in [0.5, 0.6) is 0 Å². The van der Waals surface area contributed by atoms with Gasteiger partial charge in [0.15, 0.2) is 0 Å². The number of hydrogen-bond acceptors (Lipinski definition) is 2. The van der Waals surface area contributed by atoms with Crippen LogP contribution in [0.25, 0.3) is 0 Å². The van der Waals surface area contributed by atoms with Crippen LogP contribution < -0.4 is 5.32 Å². The van der Waals surface area contributed by atoms with E-state index in [0.717, 1.165) is 6.54 Å². The third-order valence-electron chi connectivity index (χ3n) is 2.78. The van der Waals surface area contributed by atoms with Crippen LogP contribution in [0.15, 0.2) is 29.2 Å². The zero-order valence-corrected chi connectivity index (χ0v) is 13.2. The summed E-state index contributed by atoms with van der Waals surface area (Å²) in [5.74, 6) is 0. The van der Waals surface area contributed by atoms with Gasteiger partial charge in [-0.05, 0) is 44.9 Å². The normalized spacial score (nSPS) is 13.6. The van der Waals surface area contributed by atoms with Crippen molar-refractivity contribution in [1.82, 2.24) is 5.32 Å². The summed E-state index contributed by atoms with van der Waals surface area (Å²) in [4.78, 5) is 1.38. The minimum Gasteiger partial charge on any atom is -0.308 e. The van der Waals surface area contributed by atoms with E-state index in [0.29, 0.717) is 5.25 Å². The Labute approximate surface area is 117 Å². The van der Waals surface area contributed by atoms with Crippen molar-refractivity contribution in [3.05, 3.63) is 29.8 Å². The van der Waals surface area contributed by atoms with Crippen LogP contribution in [0.4, 0.5) is 0 Å². The van der Waals surface area contributed by atoms with E-state index in [4.69, 9.17) is 0 Å². The minimum atomic E-state index is 0.184. The summed E-state index contributed by atoms with van der Waals surface area (Å²) < 4.78 is 0. The van der Waals surface area contributed by atoms with Gasteiger partial charge in [0.25, 0.3) is 0 Å². The number of hydrogen-bond donors (Lipinski definition) is 1. The number of rotatable bonds is 6. The first-order valence-corrected chi connectivity index (χ1v) is 7.79. The quantitative estimate of drug-likeness (QED) is 0.738. The lowest BCUT2D eigenvalue weighted by Crippen LogP contribution is -2.35. The van der Waals surface area contributed by atoms with E-state index >= 15 is 0 Å². The molecule has 1 N–H and O–H groups in total. The van der Waals surface area contributed by atoms with Gasteiger partial charge in [0.2, 0.25) is 0 Å². The highest BCUT2D eigenvalue weighted by atomic mass is 32.2. The monoisotopic (exact) mass is 265 g/mol. The average molecular weight is 265 g/mol. The Morgan fingerprint density at radius 1 is 1.17 bits per heavy atom. The Balaban J connectivity index is 2.47. The highest BCUT2D eigenvalue weighted by molar-refractivity contribution is 7.99. The summed E-state index contributed by atoms with van der Waals surface area (Å²) in [7, 11) is 0. The average Bonchev–Trinajstić information content (AvgIpc) is 2.27. The molecule has 1 rings (SSSR count). The topological polar surface area (TPSA) is 12.0 Å². The molecule has 0 saturated carbocycles. The summed E-state index contributed by atoms with van der Waals surface area (Å²) in [6.45, 7) is 12.1. The van der Waals surface area contributed by atoms with E-state index in [1.807, 2.05) is 11.8 Å². The SMILES string of the molecule is CCCC(C)Sc1ccc(CNC(C)(C)C)cc1. The van der Waals surface area contributed by atoms with Gasteiger partial charge in [-0.15, -0.1) is 11.8 Å². The van der Waals surface area contributed by atoms with Crippen molar-refractivity contribution < 1.29 is 0 Å². The Morgan fingerprint density at radius 3 is 2.28 bits per heavy atom. The molecule has 2 heteroatoms. The second kappa shape index (κ2) is 7.20. The molecular formula is C16H27NS. The maximum Gasteiger partial charge on any atom is 0.0210 e. The fraction of sp³-hybridized carbons (Fsp3) is 0.625. The molecule has 18 heavy (non-hydrogen) atoms. The fourth-order valence-corrected chi connectivity index (χ4v) is 2.86. The predicted molar refractivity (Wildman–Crippen MR) is 83.3 cm³/mol. The van der Waals surface area contributed by atoms with Gasteiger partial charge in [-0.2, -0.15) is 0 Å². The first-order chi connectivity index (χ1) is 8.40. The van der Waals surface area contributed by atoms with Gasteiger partial charge in [0.1, 0.15) is 0 Å². The molecule has 0 bridgehead atoms. The van der Waals surface area contributed by atoms with E-state index in [2.05, 4.69) is 64.2 Å². The molecule has 1 atom stereocenters. The molecule has 0 spiro atoms. The van der Waals surface area contributed by atoms with Gasteiger partial charge in [-0.1, -0.05) is 32.4 Å². The zero-order valence-electron chi connectivity index (χ0n) is 12.4. The number of nitrogens with one attached hydrogen (secondary N) is 1. The van der Waals surface area contributed by atoms with Gasteiger partial charge in [0, 0.05) is 22.2 Å². The van der Waals surface area contributed by atoms with Crippen LogP contribution in [0.3, 0.4) is 0 Å². The van der Waals surface area contributed by atoms with Gasteiger partial charge in [-0.25, -0.2) is 0 Å². The molecule has 102 valence electrons. The molecule has 1 unspecified atom stereocenters. The highest BCUT2D eigenvalue weighted by Gasteiger charge is 2.08. The van der Waals surface area contributed by atoms with Crippen molar-refractivity contribution in [3.63, 3.8) is 0 Å². The molecule has 1 aromatic rings. The first-order valence-electron chi connectivity index (χ1n) is 6.91. The molecule has 0 heterocycles. The number of thioether (sulfide) groups is 1. The van der Waals surface area contributed by atoms with Crippen molar-refractivity contribution in [3.8, 4) is 0 Å². The molecule has 1 nitrogen and oxygen atoms in total. The lowest BCUT2D eigenvalue weighted by molar-refractivity contribution is 0.424. The molecule has 1 aromatic carbocycles. The Bertz CT molecular complexity index is 337. The van der Waals surface area contributed by atoms with Gasteiger partial charge in [-0.3, -0.25) is 0 Å². The lowest BCUT2D eigenvalue weighted by atomic mass is 10.1. The maximum absolute atomic E-state index is 3.51. The molecule has 0 fully saturated rings. The van der Waals surface area contributed by atoms with Crippen molar-refractivity contribution in [1.29, 1.82) is 0 Å². The van der Waals surface area contributed by atoms with E-state index < -0.39 is 0 Å².